The Morgan fingerprint density at radius 2 is 2.28 bits per heavy atom. The monoisotopic (exact) mass is 249 g/mol. The van der Waals surface area contributed by atoms with Gasteiger partial charge in [0.2, 0.25) is 12.2 Å². The lowest BCUT2D eigenvalue weighted by atomic mass is 10.1. The van der Waals surface area contributed by atoms with Gasteiger partial charge in [-0.2, -0.15) is 4.98 Å². The van der Waals surface area contributed by atoms with Gasteiger partial charge in [0.05, 0.1) is 7.11 Å². The molecule has 2 aromatic rings. The Bertz CT molecular complexity index is 485. The van der Waals surface area contributed by atoms with Crippen molar-refractivity contribution in [2.75, 3.05) is 13.7 Å². The van der Waals surface area contributed by atoms with Crippen LogP contribution in [-0.2, 0) is 13.0 Å². The van der Waals surface area contributed by atoms with Gasteiger partial charge >= 0.3 is 0 Å². The number of nitrogens with zero attached hydrogens (tertiary/aromatic N) is 2. The highest BCUT2D eigenvalue weighted by Crippen LogP contribution is 2.25. The van der Waals surface area contributed by atoms with E-state index in [4.69, 9.17) is 15.2 Å². The van der Waals surface area contributed by atoms with Crippen molar-refractivity contribution in [3.8, 4) is 11.5 Å². The summed E-state index contributed by atoms with van der Waals surface area (Å²) in [4.78, 5) is 3.89. The Labute approximate surface area is 105 Å². The first-order chi connectivity index (χ1) is 8.83. The number of ether oxygens (including phenoxy) is 2. The molecule has 0 radical (unpaired) electrons. The van der Waals surface area contributed by atoms with Crippen molar-refractivity contribution >= 4 is 0 Å². The van der Waals surface area contributed by atoms with Crippen molar-refractivity contribution in [1.29, 1.82) is 0 Å². The van der Waals surface area contributed by atoms with E-state index in [2.05, 4.69) is 14.7 Å². The fourth-order valence-electron chi connectivity index (χ4n) is 1.56. The van der Waals surface area contributed by atoms with Gasteiger partial charge in [-0.25, -0.2) is 0 Å². The van der Waals surface area contributed by atoms with Crippen molar-refractivity contribution in [3.05, 3.63) is 36.0 Å². The normalized spacial score (nSPS) is 10.3. The van der Waals surface area contributed by atoms with Crippen molar-refractivity contribution in [2.24, 2.45) is 5.73 Å². The molecule has 0 saturated heterocycles. The minimum Gasteiger partial charge on any atom is -0.497 e. The fraction of sp³-hybridized carbons (Fsp3) is 0.333. The largest absolute Gasteiger partial charge is 0.497 e. The summed E-state index contributed by atoms with van der Waals surface area (Å²) in [7, 11) is 1.61. The second-order valence-corrected chi connectivity index (χ2v) is 3.65. The van der Waals surface area contributed by atoms with E-state index in [0.717, 1.165) is 23.5 Å². The van der Waals surface area contributed by atoms with Gasteiger partial charge in [0, 0.05) is 6.07 Å². The zero-order chi connectivity index (χ0) is 12.8. The third-order valence-electron chi connectivity index (χ3n) is 2.45. The molecular weight excluding hydrogens is 234 g/mol. The zero-order valence-electron chi connectivity index (χ0n) is 10.1. The van der Waals surface area contributed by atoms with Crippen molar-refractivity contribution in [2.45, 2.75) is 13.0 Å². The summed E-state index contributed by atoms with van der Waals surface area (Å²) in [5.41, 5.74) is 6.59. The van der Waals surface area contributed by atoms with Crippen LogP contribution in [0.1, 0.15) is 11.4 Å². The molecule has 0 fully saturated rings. The number of benzene rings is 1. The number of rotatable bonds is 6. The third-order valence-corrected chi connectivity index (χ3v) is 2.45. The molecule has 0 unspecified atom stereocenters. The lowest BCUT2D eigenvalue weighted by molar-refractivity contribution is 0.282. The number of hydrogen-bond donors (Lipinski definition) is 1. The second-order valence-electron chi connectivity index (χ2n) is 3.65. The van der Waals surface area contributed by atoms with Crippen molar-refractivity contribution in [1.82, 2.24) is 10.1 Å². The lowest BCUT2D eigenvalue weighted by Crippen LogP contribution is -2.06. The van der Waals surface area contributed by atoms with Crippen LogP contribution in [0.25, 0.3) is 0 Å². The first-order valence-corrected chi connectivity index (χ1v) is 5.58. The van der Waals surface area contributed by atoms with E-state index >= 15 is 0 Å². The van der Waals surface area contributed by atoms with Crippen LogP contribution in [0, 0.1) is 0 Å². The van der Waals surface area contributed by atoms with E-state index in [9.17, 15) is 0 Å². The highest BCUT2D eigenvalue weighted by molar-refractivity contribution is 5.41. The predicted molar refractivity (Wildman–Crippen MR) is 64.4 cm³/mol. The average molecular weight is 249 g/mol. The van der Waals surface area contributed by atoms with Crippen LogP contribution in [-0.4, -0.2) is 23.8 Å². The molecule has 6 heteroatoms. The molecule has 1 aromatic carbocycles. The maximum Gasteiger partial charge on any atom is 0.213 e. The molecule has 18 heavy (non-hydrogen) atoms. The van der Waals surface area contributed by atoms with Gasteiger partial charge in [-0.15, -0.1) is 0 Å². The second kappa shape index (κ2) is 6.02. The molecule has 2 rings (SSSR count). The lowest BCUT2D eigenvalue weighted by Gasteiger charge is -2.11. The zero-order valence-corrected chi connectivity index (χ0v) is 10.1. The molecule has 6 nitrogen and oxygen atoms in total. The minimum absolute atomic E-state index is 0.251. The summed E-state index contributed by atoms with van der Waals surface area (Å²) in [5.74, 6) is 1.96. The molecule has 0 aliphatic heterocycles. The van der Waals surface area contributed by atoms with Crippen molar-refractivity contribution in [3.63, 3.8) is 0 Å². The van der Waals surface area contributed by atoms with E-state index < -0.39 is 0 Å². The van der Waals surface area contributed by atoms with Gasteiger partial charge in [-0.3, -0.25) is 0 Å². The van der Waals surface area contributed by atoms with Crippen LogP contribution >= 0.6 is 0 Å². The van der Waals surface area contributed by atoms with Gasteiger partial charge in [-0.1, -0.05) is 11.2 Å². The van der Waals surface area contributed by atoms with E-state index in [-0.39, 0.29) is 6.61 Å². The molecule has 0 atom stereocenters. The topological polar surface area (TPSA) is 83.4 Å². The molecule has 0 saturated carbocycles. The van der Waals surface area contributed by atoms with E-state index in [1.54, 1.807) is 7.11 Å². The first kappa shape index (κ1) is 12.4. The number of nitrogens with two attached hydrogens (primary N) is 1. The Morgan fingerprint density at radius 1 is 1.39 bits per heavy atom. The Balaban J connectivity index is 2.12. The Morgan fingerprint density at radius 3 is 2.94 bits per heavy atom. The molecule has 0 aliphatic carbocycles. The summed E-state index contributed by atoms with van der Waals surface area (Å²) in [5, 5.41) is 3.68. The number of methoxy groups -OCH3 is 1. The third kappa shape index (κ3) is 2.98. The number of aromatic nitrogens is 2. The smallest absolute Gasteiger partial charge is 0.213 e. The average Bonchev–Trinajstić information content (AvgIpc) is 2.91. The van der Waals surface area contributed by atoms with Crippen LogP contribution in [0.15, 0.2) is 29.1 Å². The summed E-state index contributed by atoms with van der Waals surface area (Å²) in [6.07, 6.45) is 2.01. The maximum atomic E-state index is 5.66. The molecule has 96 valence electrons. The van der Waals surface area contributed by atoms with Crippen molar-refractivity contribution < 1.29 is 14.0 Å². The Hall–Kier alpha value is -2.08. The summed E-state index contributed by atoms with van der Waals surface area (Å²) in [6, 6.07) is 5.65. The predicted octanol–water partition coefficient (Wildman–Crippen LogP) is 1.16. The highest BCUT2D eigenvalue weighted by atomic mass is 16.5. The summed E-state index contributed by atoms with van der Waals surface area (Å²) in [6.45, 7) is 0.812. The Kier molecular flexibility index (Phi) is 4.14. The molecule has 0 bridgehead atoms. The number of hydrogen-bond acceptors (Lipinski definition) is 6. The molecular formula is C12H15N3O3. The standard InChI is InChI=1S/C12H15N3O3/c1-16-10-3-2-9(4-5-13)11(6-10)17-7-12-14-8-18-15-12/h2-3,6,8H,4-5,7,13H2,1H3. The van der Waals surface area contributed by atoms with Gasteiger partial charge in [-0.05, 0) is 24.6 Å². The van der Waals surface area contributed by atoms with Crippen LogP contribution in [0.5, 0.6) is 11.5 Å². The highest BCUT2D eigenvalue weighted by Gasteiger charge is 2.07. The maximum absolute atomic E-state index is 5.66. The summed E-state index contributed by atoms with van der Waals surface area (Å²) >= 11 is 0. The van der Waals surface area contributed by atoms with Gasteiger partial charge < -0.3 is 19.7 Å². The summed E-state index contributed by atoms with van der Waals surface area (Å²) < 4.78 is 15.5. The molecule has 1 heterocycles. The molecule has 1 aromatic heterocycles. The molecule has 2 N–H and O–H groups in total. The van der Waals surface area contributed by atoms with Crippen LogP contribution in [0.3, 0.4) is 0 Å². The van der Waals surface area contributed by atoms with Crippen LogP contribution in [0.4, 0.5) is 0 Å². The first-order valence-electron chi connectivity index (χ1n) is 5.58. The molecule has 0 amide bonds. The minimum atomic E-state index is 0.251. The van der Waals surface area contributed by atoms with Gasteiger partial charge in [0.1, 0.15) is 11.5 Å². The molecule has 0 spiro atoms. The quantitative estimate of drug-likeness (QED) is 0.827. The van der Waals surface area contributed by atoms with Gasteiger partial charge in [0.25, 0.3) is 0 Å². The van der Waals surface area contributed by atoms with E-state index in [1.165, 1.54) is 6.39 Å². The van der Waals surface area contributed by atoms with E-state index in [1.807, 2.05) is 18.2 Å². The SMILES string of the molecule is COc1ccc(CCN)c(OCc2ncon2)c1. The fourth-order valence-corrected chi connectivity index (χ4v) is 1.56. The van der Waals surface area contributed by atoms with Crippen LogP contribution < -0.4 is 15.2 Å². The van der Waals surface area contributed by atoms with Crippen LogP contribution in [0.2, 0.25) is 0 Å². The van der Waals surface area contributed by atoms with E-state index in [0.29, 0.717) is 12.4 Å². The molecule has 0 aliphatic rings. The van der Waals surface area contributed by atoms with Gasteiger partial charge in [0.15, 0.2) is 6.61 Å².